The van der Waals surface area contributed by atoms with Crippen LogP contribution in [0.3, 0.4) is 0 Å². The first kappa shape index (κ1) is 13.7. The standard InChI is InChI=1S/C14H20NO2/c1-12(2)14(17)15(9-6-10-16)11-13-7-4-3-5-8-13/h3-5,7-8,12H,6,9-11H2,1-2H3. The van der Waals surface area contributed by atoms with E-state index in [2.05, 4.69) is 0 Å². The first-order chi connectivity index (χ1) is 8.15. The van der Waals surface area contributed by atoms with Crippen LogP contribution < -0.4 is 0 Å². The number of nitrogens with zero attached hydrogens (tertiary/aromatic N) is 1. The molecule has 17 heavy (non-hydrogen) atoms. The van der Waals surface area contributed by atoms with Gasteiger partial charge < -0.3 is 4.90 Å². The molecule has 0 spiro atoms. The van der Waals surface area contributed by atoms with Crippen LogP contribution in [0, 0.1) is 5.92 Å². The van der Waals surface area contributed by atoms with Crippen molar-refractivity contribution in [2.75, 3.05) is 13.2 Å². The van der Waals surface area contributed by atoms with Crippen molar-refractivity contribution in [1.82, 2.24) is 4.90 Å². The van der Waals surface area contributed by atoms with Gasteiger partial charge in [0.05, 0.1) is 6.61 Å². The Morgan fingerprint density at radius 2 is 1.88 bits per heavy atom. The van der Waals surface area contributed by atoms with E-state index in [9.17, 15) is 9.90 Å². The molecule has 1 rings (SSSR count). The van der Waals surface area contributed by atoms with Crippen molar-refractivity contribution in [3.63, 3.8) is 0 Å². The Hall–Kier alpha value is -1.35. The third-order valence-electron chi connectivity index (χ3n) is 2.59. The first-order valence-electron chi connectivity index (χ1n) is 6.06. The number of amides is 1. The summed E-state index contributed by atoms with van der Waals surface area (Å²) in [5.41, 5.74) is 1.10. The summed E-state index contributed by atoms with van der Waals surface area (Å²) in [6.07, 6.45) is 0.519. The van der Waals surface area contributed by atoms with Crippen molar-refractivity contribution in [1.29, 1.82) is 0 Å². The number of rotatable bonds is 6. The first-order valence-corrected chi connectivity index (χ1v) is 6.06. The molecule has 0 saturated carbocycles. The summed E-state index contributed by atoms with van der Waals surface area (Å²) in [6, 6.07) is 9.87. The third kappa shape index (κ3) is 4.57. The van der Waals surface area contributed by atoms with Gasteiger partial charge in [-0.05, 0) is 12.0 Å². The highest BCUT2D eigenvalue weighted by atomic mass is 16.3. The van der Waals surface area contributed by atoms with Crippen LogP contribution in [0.25, 0.3) is 0 Å². The third-order valence-corrected chi connectivity index (χ3v) is 2.59. The van der Waals surface area contributed by atoms with Crippen molar-refractivity contribution in [3.05, 3.63) is 35.9 Å². The minimum atomic E-state index is -0.128. The molecule has 1 amide bonds. The van der Waals surface area contributed by atoms with Crippen LogP contribution in [-0.4, -0.2) is 24.0 Å². The van der Waals surface area contributed by atoms with Crippen LogP contribution in [0.15, 0.2) is 30.3 Å². The van der Waals surface area contributed by atoms with E-state index in [4.69, 9.17) is 0 Å². The zero-order chi connectivity index (χ0) is 12.7. The Morgan fingerprint density at radius 3 is 2.41 bits per heavy atom. The van der Waals surface area contributed by atoms with E-state index in [1.165, 1.54) is 0 Å². The maximum atomic E-state index is 12.0. The largest absolute Gasteiger partial charge is 0.338 e. The number of carbonyl (C=O) groups excluding carboxylic acids is 1. The Balaban J connectivity index is 2.66. The second-order valence-corrected chi connectivity index (χ2v) is 4.46. The van der Waals surface area contributed by atoms with E-state index in [0.29, 0.717) is 19.5 Å². The summed E-state index contributed by atoms with van der Waals surface area (Å²) in [7, 11) is 0. The van der Waals surface area contributed by atoms with E-state index < -0.39 is 0 Å². The molecule has 0 fully saturated rings. The summed E-state index contributed by atoms with van der Waals surface area (Å²) in [5, 5.41) is 10.5. The lowest BCUT2D eigenvalue weighted by Crippen LogP contribution is -2.34. The van der Waals surface area contributed by atoms with Crippen LogP contribution in [0.5, 0.6) is 0 Å². The Morgan fingerprint density at radius 1 is 1.24 bits per heavy atom. The van der Waals surface area contributed by atoms with E-state index in [1.54, 1.807) is 4.90 Å². The predicted octanol–water partition coefficient (Wildman–Crippen LogP) is 2.49. The van der Waals surface area contributed by atoms with Crippen LogP contribution in [0.4, 0.5) is 0 Å². The number of benzene rings is 1. The molecule has 1 radical (unpaired) electrons. The van der Waals surface area contributed by atoms with Crippen molar-refractivity contribution in [2.45, 2.75) is 26.8 Å². The number of hydrogen-bond acceptors (Lipinski definition) is 1. The van der Waals surface area contributed by atoms with Gasteiger partial charge in [-0.25, -0.2) is 5.11 Å². The highest BCUT2D eigenvalue weighted by molar-refractivity contribution is 5.78. The molecule has 0 aliphatic heterocycles. The smallest absolute Gasteiger partial charge is 0.225 e. The molecule has 3 nitrogen and oxygen atoms in total. The van der Waals surface area contributed by atoms with Crippen molar-refractivity contribution >= 4 is 5.91 Å². The normalized spacial score (nSPS) is 10.6. The predicted molar refractivity (Wildman–Crippen MR) is 66.9 cm³/mol. The second kappa shape index (κ2) is 7.07. The Bertz CT molecular complexity index is 335. The zero-order valence-electron chi connectivity index (χ0n) is 10.6. The monoisotopic (exact) mass is 234 g/mol. The maximum Gasteiger partial charge on any atom is 0.225 e. The molecular formula is C14H20NO2. The Labute approximate surface area is 103 Å². The molecular weight excluding hydrogens is 214 g/mol. The summed E-state index contributed by atoms with van der Waals surface area (Å²) < 4.78 is 0. The fourth-order valence-electron chi connectivity index (χ4n) is 1.69. The second-order valence-electron chi connectivity index (χ2n) is 4.46. The zero-order valence-corrected chi connectivity index (χ0v) is 10.6. The number of carbonyl (C=O) groups is 1. The molecule has 93 valence electrons. The molecule has 1 aromatic carbocycles. The van der Waals surface area contributed by atoms with E-state index in [1.807, 2.05) is 44.2 Å². The van der Waals surface area contributed by atoms with Gasteiger partial charge in [0.25, 0.3) is 0 Å². The highest BCUT2D eigenvalue weighted by Crippen LogP contribution is 2.09. The number of hydrogen-bond donors (Lipinski definition) is 0. The molecule has 3 heteroatoms. The van der Waals surface area contributed by atoms with Gasteiger partial charge in [0.15, 0.2) is 0 Å². The van der Waals surface area contributed by atoms with Crippen LogP contribution in [0.2, 0.25) is 0 Å². The van der Waals surface area contributed by atoms with Crippen molar-refractivity contribution in [2.24, 2.45) is 5.92 Å². The van der Waals surface area contributed by atoms with Gasteiger partial charge in [-0.2, -0.15) is 0 Å². The molecule has 0 heterocycles. The van der Waals surface area contributed by atoms with Gasteiger partial charge in [-0.15, -0.1) is 0 Å². The molecule has 0 N–H and O–H groups in total. The van der Waals surface area contributed by atoms with Gasteiger partial charge in [-0.1, -0.05) is 44.2 Å². The van der Waals surface area contributed by atoms with Crippen molar-refractivity contribution < 1.29 is 9.90 Å². The molecule has 0 atom stereocenters. The van der Waals surface area contributed by atoms with E-state index >= 15 is 0 Å². The molecule has 0 aromatic heterocycles. The fourth-order valence-corrected chi connectivity index (χ4v) is 1.69. The van der Waals surface area contributed by atoms with Gasteiger partial charge in [0, 0.05) is 19.0 Å². The molecule has 0 unspecified atom stereocenters. The minimum Gasteiger partial charge on any atom is -0.338 e. The average Bonchev–Trinajstić information content (AvgIpc) is 2.34. The van der Waals surface area contributed by atoms with E-state index in [0.717, 1.165) is 5.56 Å². The topological polar surface area (TPSA) is 40.2 Å². The summed E-state index contributed by atoms with van der Waals surface area (Å²) in [5.74, 6) is 0.0904. The van der Waals surface area contributed by atoms with Gasteiger partial charge in [0.2, 0.25) is 5.91 Å². The van der Waals surface area contributed by atoms with Crippen LogP contribution in [-0.2, 0) is 16.4 Å². The fraction of sp³-hybridized carbons (Fsp3) is 0.500. The average molecular weight is 234 g/mol. The lowest BCUT2D eigenvalue weighted by molar-refractivity contribution is -0.135. The Kier molecular flexibility index (Phi) is 5.70. The minimum absolute atomic E-state index is 0.0228. The lowest BCUT2D eigenvalue weighted by Gasteiger charge is -2.24. The maximum absolute atomic E-state index is 12.0. The molecule has 0 aliphatic rings. The SMILES string of the molecule is CC(C)C(=O)N(CCC[O])Cc1ccccc1. The van der Waals surface area contributed by atoms with E-state index in [-0.39, 0.29) is 18.4 Å². The van der Waals surface area contributed by atoms with Crippen molar-refractivity contribution in [3.8, 4) is 0 Å². The summed E-state index contributed by atoms with van der Waals surface area (Å²) in [6.45, 7) is 4.79. The molecule has 1 aromatic rings. The summed E-state index contributed by atoms with van der Waals surface area (Å²) in [4.78, 5) is 13.8. The van der Waals surface area contributed by atoms with Crippen LogP contribution >= 0.6 is 0 Å². The summed E-state index contributed by atoms with van der Waals surface area (Å²) >= 11 is 0. The quantitative estimate of drug-likeness (QED) is 0.745. The van der Waals surface area contributed by atoms with Gasteiger partial charge in [0.1, 0.15) is 0 Å². The van der Waals surface area contributed by atoms with Gasteiger partial charge in [-0.3, -0.25) is 4.79 Å². The molecule has 0 bridgehead atoms. The van der Waals surface area contributed by atoms with Crippen LogP contribution in [0.1, 0.15) is 25.8 Å². The lowest BCUT2D eigenvalue weighted by atomic mass is 10.1. The molecule has 0 aliphatic carbocycles. The highest BCUT2D eigenvalue weighted by Gasteiger charge is 2.16. The van der Waals surface area contributed by atoms with Gasteiger partial charge >= 0.3 is 0 Å². The molecule has 0 saturated heterocycles.